The van der Waals surface area contributed by atoms with Crippen LogP contribution in [0.3, 0.4) is 0 Å². The molecule has 0 saturated carbocycles. The highest BCUT2D eigenvalue weighted by molar-refractivity contribution is 5.57. The van der Waals surface area contributed by atoms with Crippen molar-refractivity contribution in [3.05, 3.63) is 59.4 Å². The highest BCUT2D eigenvalue weighted by atomic mass is 15.2. The molecule has 3 heteroatoms. The largest absolute Gasteiger partial charge is 0.365 e. The monoisotopic (exact) mass is 267 g/mol. The van der Waals surface area contributed by atoms with E-state index in [0.29, 0.717) is 6.04 Å². The number of para-hydroxylation sites is 1. The van der Waals surface area contributed by atoms with Gasteiger partial charge in [0.2, 0.25) is 0 Å². The fourth-order valence-electron chi connectivity index (χ4n) is 2.98. The van der Waals surface area contributed by atoms with E-state index in [2.05, 4.69) is 51.6 Å². The van der Waals surface area contributed by atoms with E-state index in [1.807, 2.05) is 20.0 Å². The van der Waals surface area contributed by atoms with Crippen LogP contribution in [0.5, 0.6) is 0 Å². The predicted molar refractivity (Wildman–Crippen MR) is 82.9 cm³/mol. The predicted octanol–water partition coefficient (Wildman–Crippen LogP) is 3.06. The zero-order valence-electron chi connectivity index (χ0n) is 12.1. The van der Waals surface area contributed by atoms with E-state index < -0.39 is 0 Å². The van der Waals surface area contributed by atoms with E-state index in [9.17, 15) is 0 Å². The Labute approximate surface area is 120 Å². The van der Waals surface area contributed by atoms with E-state index in [1.54, 1.807) is 0 Å². The lowest BCUT2D eigenvalue weighted by molar-refractivity contribution is 0.514. The molecule has 3 nitrogen and oxygen atoms in total. The molecule has 2 heterocycles. The SMILES string of the molecule is CNC1CCN(Cc2cccc(C)n2)c2ccccc21. The molecular formula is C17H21N3. The van der Waals surface area contributed by atoms with Gasteiger partial charge in [-0.25, -0.2) is 0 Å². The van der Waals surface area contributed by atoms with Crippen LogP contribution in [-0.4, -0.2) is 18.6 Å². The Morgan fingerprint density at radius 1 is 1.20 bits per heavy atom. The third-order valence-corrected chi connectivity index (χ3v) is 3.99. The first-order chi connectivity index (χ1) is 9.78. The van der Waals surface area contributed by atoms with Gasteiger partial charge >= 0.3 is 0 Å². The fraction of sp³-hybridized carbons (Fsp3) is 0.353. The van der Waals surface area contributed by atoms with Gasteiger partial charge in [0.05, 0.1) is 12.2 Å². The summed E-state index contributed by atoms with van der Waals surface area (Å²) < 4.78 is 0. The van der Waals surface area contributed by atoms with E-state index in [-0.39, 0.29) is 0 Å². The van der Waals surface area contributed by atoms with Crippen molar-refractivity contribution >= 4 is 5.69 Å². The third-order valence-electron chi connectivity index (χ3n) is 3.99. The van der Waals surface area contributed by atoms with E-state index in [4.69, 9.17) is 0 Å². The Kier molecular flexibility index (Phi) is 3.70. The molecule has 0 bridgehead atoms. The Hall–Kier alpha value is -1.87. The van der Waals surface area contributed by atoms with Crippen LogP contribution in [0.1, 0.15) is 29.4 Å². The zero-order chi connectivity index (χ0) is 13.9. The second kappa shape index (κ2) is 5.63. The van der Waals surface area contributed by atoms with Gasteiger partial charge in [0.15, 0.2) is 0 Å². The summed E-state index contributed by atoms with van der Waals surface area (Å²) in [6.07, 6.45) is 1.14. The number of nitrogens with one attached hydrogen (secondary N) is 1. The molecule has 0 fully saturated rings. The van der Waals surface area contributed by atoms with Crippen LogP contribution >= 0.6 is 0 Å². The summed E-state index contributed by atoms with van der Waals surface area (Å²) in [6.45, 7) is 4.00. The number of nitrogens with zero attached hydrogens (tertiary/aromatic N) is 2. The molecule has 20 heavy (non-hydrogen) atoms. The Balaban J connectivity index is 1.88. The molecular weight excluding hydrogens is 246 g/mol. The summed E-state index contributed by atoms with van der Waals surface area (Å²) in [5, 5.41) is 3.41. The second-order valence-electron chi connectivity index (χ2n) is 5.38. The third kappa shape index (κ3) is 2.54. The van der Waals surface area contributed by atoms with Crippen LogP contribution in [-0.2, 0) is 6.54 Å². The van der Waals surface area contributed by atoms with Crippen molar-refractivity contribution in [2.24, 2.45) is 0 Å². The van der Waals surface area contributed by atoms with Crippen molar-refractivity contribution in [2.75, 3.05) is 18.5 Å². The summed E-state index contributed by atoms with van der Waals surface area (Å²) in [4.78, 5) is 7.06. The lowest BCUT2D eigenvalue weighted by Gasteiger charge is -2.35. The minimum Gasteiger partial charge on any atom is -0.365 e. The highest BCUT2D eigenvalue weighted by Gasteiger charge is 2.23. The van der Waals surface area contributed by atoms with Crippen molar-refractivity contribution in [1.29, 1.82) is 0 Å². The maximum atomic E-state index is 4.62. The lowest BCUT2D eigenvalue weighted by atomic mass is 9.96. The molecule has 0 saturated heterocycles. The first kappa shape index (κ1) is 13.1. The summed E-state index contributed by atoms with van der Waals surface area (Å²) in [6, 6.07) is 15.4. The zero-order valence-corrected chi connectivity index (χ0v) is 12.1. The number of anilines is 1. The summed E-state index contributed by atoms with van der Waals surface area (Å²) in [5.74, 6) is 0. The van der Waals surface area contributed by atoms with Gasteiger partial charge in [0, 0.05) is 24.0 Å². The fourth-order valence-corrected chi connectivity index (χ4v) is 2.98. The number of fused-ring (bicyclic) bond motifs is 1. The van der Waals surface area contributed by atoms with Crippen molar-refractivity contribution in [3.8, 4) is 0 Å². The van der Waals surface area contributed by atoms with Crippen molar-refractivity contribution in [3.63, 3.8) is 0 Å². The summed E-state index contributed by atoms with van der Waals surface area (Å²) in [7, 11) is 2.04. The van der Waals surface area contributed by atoms with Crippen LogP contribution in [0, 0.1) is 6.92 Å². The molecule has 1 aromatic heterocycles. The van der Waals surface area contributed by atoms with Gasteiger partial charge in [-0.15, -0.1) is 0 Å². The van der Waals surface area contributed by atoms with Crippen molar-refractivity contribution in [1.82, 2.24) is 10.3 Å². The lowest BCUT2D eigenvalue weighted by Crippen LogP contribution is -2.34. The normalized spacial score (nSPS) is 17.9. The van der Waals surface area contributed by atoms with Crippen LogP contribution in [0.25, 0.3) is 0 Å². The van der Waals surface area contributed by atoms with E-state index in [1.165, 1.54) is 11.3 Å². The molecule has 1 N–H and O–H groups in total. The molecule has 0 radical (unpaired) electrons. The number of hydrogen-bond donors (Lipinski definition) is 1. The summed E-state index contributed by atoms with van der Waals surface area (Å²) >= 11 is 0. The van der Waals surface area contributed by atoms with Gasteiger partial charge in [-0.3, -0.25) is 4.98 Å². The first-order valence-corrected chi connectivity index (χ1v) is 7.21. The van der Waals surface area contributed by atoms with Crippen LogP contribution in [0.15, 0.2) is 42.5 Å². The molecule has 0 amide bonds. The number of pyridine rings is 1. The molecule has 1 unspecified atom stereocenters. The molecule has 1 aliphatic rings. The number of benzene rings is 1. The Bertz CT molecular complexity index is 594. The van der Waals surface area contributed by atoms with Gasteiger partial charge in [-0.05, 0) is 44.2 Å². The number of aryl methyl sites for hydroxylation is 1. The topological polar surface area (TPSA) is 28.2 Å². The maximum absolute atomic E-state index is 4.62. The second-order valence-corrected chi connectivity index (χ2v) is 5.38. The average molecular weight is 267 g/mol. The molecule has 2 aromatic rings. The van der Waals surface area contributed by atoms with Gasteiger partial charge < -0.3 is 10.2 Å². The highest BCUT2D eigenvalue weighted by Crippen LogP contribution is 2.33. The number of aromatic nitrogens is 1. The number of hydrogen-bond acceptors (Lipinski definition) is 3. The van der Waals surface area contributed by atoms with Crippen LogP contribution in [0.4, 0.5) is 5.69 Å². The van der Waals surface area contributed by atoms with Gasteiger partial charge in [0.25, 0.3) is 0 Å². The van der Waals surface area contributed by atoms with Gasteiger partial charge in [0.1, 0.15) is 0 Å². The molecule has 1 atom stereocenters. The summed E-state index contributed by atoms with van der Waals surface area (Å²) in [5.41, 5.74) is 4.96. The number of rotatable bonds is 3. The van der Waals surface area contributed by atoms with Gasteiger partial charge in [-0.2, -0.15) is 0 Å². The van der Waals surface area contributed by atoms with Crippen LogP contribution < -0.4 is 10.2 Å². The Morgan fingerprint density at radius 3 is 2.85 bits per heavy atom. The molecule has 0 spiro atoms. The van der Waals surface area contributed by atoms with E-state index >= 15 is 0 Å². The maximum Gasteiger partial charge on any atom is 0.0602 e. The Morgan fingerprint density at radius 2 is 2.05 bits per heavy atom. The van der Waals surface area contributed by atoms with E-state index in [0.717, 1.165) is 30.9 Å². The molecule has 104 valence electrons. The minimum atomic E-state index is 0.466. The molecule has 0 aliphatic carbocycles. The minimum absolute atomic E-state index is 0.466. The molecule has 3 rings (SSSR count). The standard InChI is InChI=1S/C17H21N3/c1-13-6-5-7-14(19-13)12-20-11-10-16(18-2)15-8-3-4-9-17(15)20/h3-9,16,18H,10-12H2,1-2H3. The molecule has 1 aromatic carbocycles. The van der Waals surface area contributed by atoms with Crippen molar-refractivity contribution < 1.29 is 0 Å². The average Bonchev–Trinajstić information content (AvgIpc) is 2.48. The molecule has 1 aliphatic heterocycles. The van der Waals surface area contributed by atoms with Gasteiger partial charge in [-0.1, -0.05) is 24.3 Å². The quantitative estimate of drug-likeness (QED) is 0.926. The van der Waals surface area contributed by atoms with Crippen molar-refractivity contribution in [2.45, 2.75) is 25.9 Å². The van der Waals surface area contributed by atoms with Crippen LogP contribution in [0.2, 0.25) is 0 Å². The first-order valence-electron chi connectivity index (χ1n) is 7.21. The smallest absolute Gasteiger partial charge is 0.0602 e.